The van der Waals surface area contributed by atoms with Crippen LogP contribution in [0.4, 0.5) is 10.1 Å². The van der Waals surface area contributed by atoms with Crippen molar-refractivity contribution >= 4 is 11.6 Å². The summed E-state index contributed by atoms with van der Waals surface area (Å²) in [5, 5.41) is 16.2. The zero-order valence-corrected chi connectivity index (χ0v) is 8.51. The lowest BCUT2D eigenvalue weighted by Gasteiger charge is -1.96. The second kappa shape index (κ2) is 5.01. The number of carbonyl (C=O) groups is 1. The van der Waals surface area contributed by atoms with Gasteiger partial charge in [-0.1, -0.05) is 0 Å². The van der Waals surface area contributed by atoms with Crippen LogP contribution in [0, 0.1) is 5.82 Å². The number of rotatable bonds is 3. The normalized spacial score (nSPS) is 12.6. The predicted molar refractivity (Wildman–Crippen MR) is 55.4 cm³/mol. The van der Waals surface area contributed by atoms with Crippen LogP contribution in [-0.2, 0) is 4.79 Å². The topological polar surface area (TPSA) is 88.0 Å². The number of hydrogen-bond acceptors (Lipinski definition) is 4. The van der Waals surface area contributed by atoms with E-state index in [9.17, 15) is 9.18 Å². The van der Waals surface area contributed by atoms with Gasteiger partial charge in [-0.25, -0.2) is 4.39 Å². The van der Waals surface area contributed by atoms with E-state index in [0.29, 0.717) is 5.69 Å². The van der Waals surface area contributed by atoms with Gasteiger partial charge >= 0.3 is 0 Å². The fraction of sp³-hybridized carbons (Fsp3) is 0.100. The van der Waals surface area contributed by atoms with Crippen LogP contribution in [0.2, 0.25) is 0 Å². The van der Waals surface area contributed by atoms with E-state index in [2.05, 4.69) is 10.2 Å². The monoisotopic (exact) mass is 223 g/mol. The number of allylic oxidation sites excluding steroid dienone is 1. The molecule has 16 heavy (non-hydrogen) atoms. The molecule has 6 heteroatoms. The molecule has 84 valence electrons. The first kappa shape index (κ1) is 11.8. The summed E-state index contributed by atoms with van der Waals surface area (Å²) >= 11 is 0. The summed E-state index contributed by atoms with van der Waals surface area (Å²) < 4.78 is 12.5. The Morgan fingerprint density at radius 1 is 1.38 bits per heavy atom. The Bertz CT molecular complexity index is 448. The van der Waals surface area contributed by atoms with Gasteiger partial charge in [-0.2, -0.15) is 5.11 Å². The number of amides is 1. The van der Waals surface area contributed by atoms with Gasteiger partial charge in [0, 0.05) is 0 Å². The molecule has 5 nitrogen and oxygen atoms in total. The molecule has 0 heterocycles. The van der Waals surface area contributed by atoms with Crippen molar-refractivity contribution in [1.29, 1.82) is 0 Å². The molecule has 0 unspecified atom stereocenters. The molecule has 0 aliphatic heterocycles. The third-order valence-corrected chi connectivity index (χ3v) is 1.67. The number of hydrogen-bond donors (Lipinski definition) is 2. The summed E-state index contributed by atoms with van der Waals surface area (Å²) in [4.78, 5) is 10.8. The van der Waals surface area contributed by atoms with Gasteiger partial charge in [0.15, 0.2) is 5.70 Å². The van der Waals surface area contributed by atoms with Crippen molar-refractivity contribution in [3.8, 4) is 0 Å². The largest absolute Gasteiger partial charge is 0.510 e. The second-order valence-electron chi connectivity index (χ2n) is 2.97. The van der Waals surface area contributed by atoms with E-state index in [1.807, 2.05) is 0 Å². The molecule has 0 aromatic heterocycles. The van der Waals surface area contributed by atoms with Crippen LogP contribution in [0.15, 0.2) is 46.0 Å². The lowest BCUT2D eigenvalue weighted by atomic mass is 10.3. The average molecular weight is 223 g/mol. The predicted octanol–water partition coefficient (Wildman–Crippen LogP) is 2.18. The summed E-state index contributed by atoms with van der Waals surface area (Å²) in [6, 6.07) is 5.16. The molecule has 1 amide bonds. The van der Waals surface area contributed by atoms with Crippen molar-refractivity contribution in [3.63, 3.8) is 0 Å². The summed E-state index contributed by atoms with van der Waals surface area (Å²) in [5.74, 6) is -1.60. The maximum Gasteiger partial charge on any atom is 0.272 e. The average Bonchev–Trinajstić information content (AvgIpc) is 2.20. The number of nitrogens with two attached hydrogens (primary N) is 1. The highest BCUT2D eigenvalue weighted by molar-refractivity contribution is 5.91. The van der Waals surface area contributed by atoms with E-state index in [1.165, 1.54) is 31.2 Å². The Labute approximate surface area is 91.1 Å². The van der Waals surface area contributed by atoms with Gasteiger partial charge in [0.2, 0.25) is 0 Å². The van der Waals surface area contributed by atoms with Gasteiger partial charge in [-0.05, 0) is 31.2 Å². The van der Waals surface area contributed by atoms with Crippen molar-refractivity contribution < 1.29 is 14.3 Å². The van der Waals surface area contributed by atoms with Crippen molar-refractivity contribution in [1.82, 2.24) is 0 Å². The molecule has 0 saturated carbocycles. The summed E-state index contributed by atoms with van der Waals surface area (Å²) in [6.45, 7) is 1.27. The molecule has 1 aromatic rings. The van der Waals surface area contributed by atoms with E-state index < -0.39 is 11.7 Å². The van der Waals surface area contributed by atoms with Crippen molar-refractivity contribution in [3.05, 3.63) is 41.5 Å². The van der Waals surface area contributed by atoms with Gasteiger partial charge < -0.3 is 10.8 Å². The molecule has 3 N–H and O–H groups in total. The number of halogens is 1. The van der Waals surface area contributed by atoms with Gasteiger partial charge in [-0.3, -0.25) is 4.79 Å². The number of primary amides is 1. The lowest BCUT2D eigenvalue weighted by molar-refractivity contribution is -0.114. The summed E-state index contributed by atoms with van der Waals surface area (Å²) in [7, 11) is 0. The first-order valence-electron chi connectivity index (χ1n) is 4.37. The van der Waals surface area contributed by atoms with Gasteiger partial charge in [0.05, 0.1) is 5.69 Å². The minimum Gasteiger partial charge on any atom is -0.510 e. The number of benzene rings is 1. The van der Waals surface area contributed by atoms with Crippen LogP contribution in [0.3, 0.4) is 0 Å². The van der Waals surface area contributed by atoms with E-state index in [1.54, 1.807) is 0 Å². The standard InChI is InChI=1S/C10H10FN3O2/c1-6(15)9(10(12)16)14-13-8-4-2-7(11)3-5-8/h2-5,15H,1H3,(H2,12,16)/b9-6-,14-13?. The number of azo groups is 1. The van der Waals surface area contributed by atoms with Gasteiger partial charge in [0.25, 0.3) is 5.91 Å². The number of carbonyl (C=O) groups excluding carboxylic acids is 1. The highest BCUT2D eigenvalue weighted by Gasteiger charge is 2.07. The van der Waals surface area contributed by atoms with Crippen LogP contribution >= 0.6 is 0 Å². The first-order valence-corrected chi connectivity index (χ1v) is 4.37. The van der Waals surface area contributed by atoms with E-state index in [0.717, 1.165) is 0 Å². The number of nitrogens with zero attached hydrogens (tertiary/aromatic N) is 2. The molecule has 1 aromatic carbocycles. The molecule has 1 rings (SSSR count). The van der Waals surface area contributed by atoms with Gasteiger partial charge in [0.1, 0.15) is 11.6 Å². The van der Waals surface area contributed by atoms with Gasteiger partial charge in [-0.15, -0.1) is 5.11 Å². The molecule has 0 atom stereocenters. The Morgan fingerprint density at radius 3 is 2.38 bits per heavy atom. The smallest absolute Gasteiger partial charge is 0.272 e. The van der Waals surface area contributed by atoms with Crippen LogP contribution in [0.1, 0.15) is 6.92 Å². The highest BCUT2D eigenvalue weighted by atomic mass is 19.1. The zero-order chi connectivity index (χ0) is 12.1. The van der Waals surface area contributed by atoms with Crippen molar-refractivity contribution in [2.24, 2.45) is 16.0 Å². The first-order chi connectivity index (χ1) is 7.50. The van der Waals surface area contributed by atoms with E-state index >= 15 is 0 Å². The van der Waals surface area contributed by atoms with Crippen LogP contribution in [-0.4, -0.2) is 11.0 Å². The molecule has 0 radical (unpaired) electrons. The Balaban J connectivity index is 2.92. The molecule has 0 spiro atoms. The minimum atomic E-state index is -0.883. The third kappa shape index (κ3) is 3.16. The third-order valence-electron chi connectivity index (χ3n) is 1.67. The fourth-order valence-electron chi connectivity index (χ4n) is 0.915. The number of aliphatic hydroxyl groups excluding tert-OH is 1. The zero-order valence-electron chi connectivity index (χ0n) is 8.51. The van der Waals surface area contributed by atoms with Crippen LogP contribution in [0.25, 0.3) is 0 Å². The van der Waals surface area contributed by atoms with E-state index in [4.69, 9.17) is 10.8 Å². The van der Waals surface area contributed by atoms with Crippen molar-refractivity contribution in [2.45, 2.75) is 6.92 Å². The summed E-state index contributed by atoms with van der Waals surface area (Å²) in [6.07, 6.45) is 0. The quantitative estimate of drug-likeness (QED) is 0.467. The molecule has 0 aliphatic carbocycles. The van der Waals surface area contributed by atoms with Crippen LogP contribution < -0.4 is 5.73 Å². The Kier molecular flexibility index (Phi) is 3.71. The molecule has 0 fully saturated rings. The van der Waals surface area contributed by atoms with Crippen molar-refractivity contribution in [2.75, 3.05) is 0 Å². The Hall–Kier alpha value is -2.24. The second-order valence-corrected chi connectivity index (χ2v) is 2.97. The SMILES string of the molecule is C/C(O)=C(/N=Nc1ccc(F)cc1)C(N)=O. The molecular weight excluding hydrogens is 213 g/mol. The van der Waals surface area contributed by atoms with Crippen LogP contribution in [0.5, 0.6) is 0 Å². The molecule has 0 aliphatic rings. The summed E-state index contributed by atoms with van der Waals surface area (Å²) in [5.41, 5.74) is 4.97. The highest BCUT2D eigenvalue weighted by Crippen LogP contribution is 2.14. The van der Waals surface area contributed by atoms with E-state index in [-0.39, 0.29) is 11.5 Å². The maximum atomic E-state index is 12.5. The number of aliphatic hydroxyl groups is 1. The lowest BCUT2D eigenvalue weighted by Crippen LogP contribution is -2.13. The molecular formula is C10H10FN3O2. The minimum absolute atomic E-state index is 0.321. The molecule has 0 bridgehead atoms. The Morgan fingerprint density at radius 2 is 1.94 bits per heavy atom. The maximum absolute atomic E-state index is 12.5. The fourth-order valence-corrected chi connectivity index (χ4v) is 0.915. The molecule has 0 saturated heterocycles.